The Balaban J connectivity index is 2.86. The summed E-state index contributed by atoms with van der Waals surface area (Å²) in [6, 6.07) is 0. The second-order valence-electron chi connectivity index (χ2n) is 3.47. The molecular formula is C10H12ClF3N2. The van der Waals surface area contributed by atoms with E-state index < -0.39 is 12.6 Å². The molecule has 0 aliphatic heterocycles. The smallest absolute Gasteiger partial charge is 0.238 e. The van der Waals surface area contributed by atoms with E-state index >= 15 is 0 Å². The summed E-state index contributed by atoms with van der Waals surface area (Å²) in [5.74, 6) is 0.157. The summed E-state index contributed by atoms with van der Waals surface area (Å²) < 4.78 is 36.0. The number of aryl methyl sites for hydroxylation is 2. The molecule has 2 nitrogen and oxygen atoms in total. The Bertz CT molecular complexity index is 377. The molecule has 0 saturated heterocycles. The van der Waals surface area contributed by atoms with Gasteiger partial charge in [-0.25, -0.2) is 9.97 Å². The minimum atomic E-state index is -4.19. The van der Waals surface area contributed by atoms with Crippen LogP contribution in [0, 0.1) is 6.92 Å². The first-order valence-corrected chi connectivity index (χ1v) is 5.30. The highest BCUT2D eigenvalue weighted by Crippen LogP contribution is 2.22. The lowest BCUT2D eigenvalue weighted by atomic mass is 10.2. The highest BCUT2D eigenvalue weighted by atomic mass is 35.5. The Morgan fingerprint density at radius 1 is 1.25 bits per heavy atom. The number of nitrogens with zero attached hydrogens (tertiary/aromatic N) is 2. The van der Waals surface area contributed by atoms with Gasteiger partial charge in [-0.3, -0.25) is 0 Å². The summed E-state index contributed by atoms with van der Waals surface area (Å²) in [6.45, 7) is 3.63. The van der Waals surface area contributed by atoms with Crippen molar-refractivity contribution in [1.82, 2.24) is 9.97 Å². The second kappa shape index (κ2) is 4.99. The van der Waals surface area contributed by atoms with Crippen LogP contribution in [0.25, 0.3) is 0 Å². The minimum Gasteiger partial charge on any atom is -0.238 e. The number of halogens is 4. The number of alkyl halides is 3. The quantitative estimate of drug-likeness (QED) is 0.770. The van der Waals surface area contributed by atoms with Gasteiger partial charge < -0.3 is 0 Å². The van der Waals surface area contributed by atoms with Gasteiger partial charge in [0.1, 0.15) is 11.0 Å². The van der Waals surface area contributed by atoms with Crippen LogP contribution in [0.5, 0.6) is 0 Å². The molecule has 0 unspecified atom stereocenters. The summed E-state index contributed by atoms with van der Waals surface area (Å²) in [4.78, 5) is 7.90. The van der Waals surface area contributed by atoms with Crippen molar-refractivity contribution in [2.75, 3.05) is 0 Å². The van der Waals surface area contributed by atoms with Crippen LogP contribution in [0.2, 0.25) is 5.15 Å². The molecule has 0 radical (unpaired) electrons. The highest BCUT2D eigenvalue weighted by molar-refractivity contribution is 6.30. The van der Waals surface area contributed by atoms with Crippen molar-refractivity contribution in [2.45, 2.75) is 39.3 Å². The maximum Gasteiger partial charge on any atom is 0.389 e. The van der Waals surface area contributed by atoms with E-state index in [1.807, 2.05) is 6.92 Å². The molecule has 0 N–H and O–H groups in total. The van der Waals surface area contributed by atoms with E-state index in [1.165, 1.54) is 0 Å². The summed E-state index contributed by atoms with van der Waals surface area (Å²) in [5.41, 5.74) is 1.44. The first-order chi connectivity index (χ1) is 7.33. The summed E-state index contributed by atoms with van der Waals surface area (Å²) in [7, 11) is 0. The minimum absolute atomic E-state index is 0.157. The van der Waals surface area contributed by atoms with Crippen molar-refractivity contribution in [1.29, 1.82) is 0 Å². The Hall–Kier alpha value is -0.840. The highest BCUT2D eigenvalue weighted by Gasteiger charge is 2.27. The zero-order chi connectivity index (χ0) is 12.3. The molecule has 0 fully saturated rings. The van der Waals surface area contributed by atoms with Gasteiger partial charge in [0.05, 0.1) is 6.42 Å². The fourth-order valence-corrected chi connectivity index (χ4v) is 1.50. The van der Waals surface area contributed by atoms with Gasteiger partial charge in [-0.05, 0) is 13.3 Å². The van der Waals surface area contributed by atoms with Crippen LogP contribution < -0.4 is 0 Å². The molecule has 0 amide bonds. The molecule has 6 heteroatoms. The second-order valence-corrected chi connectivity index (χ2v) is 3.83. The van der Waals surface area contributed by atoms with Crippen molar-refractivity contribution >= 4 is 11.6 Å². The molecule has 1 aromatic rings. The van der Waals surface area contributed by atoms with Gasteiger partial charge in [0.15, 0.2) is 0 Å². The van der Waals surface area contributed by atoms with Crippen LogP contribution in [-0.4, -0.2) is 16.1 Å². The monoisotopic (exact) mass is 252 g/mol. The molecular weight excluding hydrogens is 241 g/mol. The molecule has 1 rings (SSSR count). The SMILES string of the molecule is CCc1nc(CCC(F)(F)F)nc(Cl)c1C. The lowest BCUT2D eigenvalue weighted by molar-refractivity contribution is -0.134. The van der Waals surface area contributed by atoms with Gasteiger partial charge in [0.25, 0.3) is 0 Å². The van der Waals surface area contributed by atoms with Crippen molar-refractivity contribution in [3.63, 3.8) is 0 Å². The van der Waals surface area contributed by atoms with Crippen molar-refractivity contribution in [2.24, 2.45) is 0 Å². The number of hydrogen-bond donors (Lipinski definition) is 0. The Kier molecular flexibility index (Phi) is 4.13. The molecule has 0 spiro atoms. The molecule has 16 heavy (non-hydrogen) atoms. The van der Waals surface area contributed by atoms with E-state index in [0.29, 0.717) is 12.1 Å². The normalized spacial score (nSPS) is 11.9. The number of aromatic nitrogens is 2. The lowest BCUT2D eigenvalue weighted by Gasteiger charge is -2.09. The summed E-state index contributed by atoms with van der Waals surface area (Å²) in [5, 5.41) is 0.240. The molecule has 0 bridgehead atoms. The maximum absolute atomic E-state index is 12.0. The summed E-state index contributed by atoms with van der Waals surface area (Å²) in [6.07, 6.45) is -4.70. The van der Waals surface area contributed by atoms with E-state index in [1.54, 1.807) is 6.92 Å². The molecule has 90 valence electrons. The van der Waals surface area contributed by atoms with Crippen LogP contribution in [0.1, 0.15) is 30.4 Å². The van der Waals surface area contributed by atoms with Gasteiger partial charge in [0.2, 0.25) is 0 Å². The molecule has 0 saturated carbocycles. The average Bonchev–Trinajstić information content (AvgIpc) is 2.18. The van der Waals surface area contributed by atoms with Gasteiger partial charge >= 0.3 is 6.18 Å². The van der Waals surface area contributed by atoms with E-state index in [9.17, 15) is 13.2 Å². The van der Waals surface area contributed by atoms with Gasteiger partial charge in [-0.1, -0.05) is 18.5 Å². The predicted molar refractivity (Wildman–Crippen MR) is 55.5 cm³/mol. The van der Waals surface area contributed by atoms with E-state index in [0.717, 1.165) is 5.56 Å². The van der Waals surface area contributed by atoms with Crippen molar-refractivity contribution < 1.29 is 13.2 Å². The molecule has 1 aromatic heterocycles. The fraction of sp³-hybridized carbons (Fsp3) is 0.600. The zero-order valence-corrected chi connectivity index (χ0v) is 9.78. The summed E-state index contributed by atoms with van der Waals surface area (Å²) >= 11 is 5.82. The lowest BCUT2D eigenvalue weighted by Crippen LogP contribution is -2.11. The van der Waals surface area contributed by atoms with Crippen LogP contribution >= 0.6 is 11.6 Å². The maximum atomic E-state index is 12.0. The number of hydrogen-bond acceptors (Lipinski definition) is 2. The van der Waals surface area contributed by atoms with Crippen LogP contribution in [0.4, 0.5) is 13.2 Å². The average molecular weight is 253 g/mol. The van der Waals surface area contributed by atoms with Gasteiger partial charge in [0, 0.05) is 17.7 Å². The first-order valence-electron chi connectivity index (χ1n) is 4.92. The van der Waals surface area contributed by atoms with Crippen molar-refractivity contribution in [3.05, 3.63) is 22.2 Å². The Labute approximate surface area is 96.9 Å². The fourth-order valence-electron chi connectivity index (χ4n) is 1.29. The van der Waals surface area contributed by atoms with E-state index in [4.69, 9.17) is 11.6 Å². The topological polar surface area (TPSA) is 25.8 Å². The van der Waals surface area contributed by atoms with Crippen LogP contribution in [0.15, 0.2) is 0 Å². The molecule has 1 heterocycles. The molecule has 0 aliphatic rings. The van der Waals surface area contributed by atoms with Gasteiger partial charge in [-0.2, -0.15) is 13.2 Å². The first kappa shape index (κ1) is 13.2. The van der Waals surface area contributed by atoms with Crippen molar-refractivity contribution in [3.8, 4) is 0 Å². The third-order valence-electron chi connectivity index (χ3n) is 2.20. The largest absolute Gasteiger partial charge is 0.389 e. The standard InChI is InChI=1S/C10H12ClF3N2/c1-3-7-6(2)9(11)16-8(15-7)4-5-10(12,13)14/h3-5H2,1-2H3. The van der Waals surface area contributed by atoms with Crippen LogP contribution in [0.3, 0.4) is 0 Å². The Morgan fingerprint density at radius 2 is 1.88 bits per heavy atom. The Morgan fingerprint density at radius 3 is 2.38 bits per heavy atom. The third kappa shape index (κ3) is 3.63. The third-order valence-corrected chi connectivity index (χ3v) is 2.57. The van der Waals surface area contributed by atoms with E-state index in [2.05, 4.69) is 9.97 Å². The van der Waals surface area contributed by atoms with E-state index in [-0.39, 0.29) is 17.4 Å². The van der Waals surface area contributed by atoms with Crippen LogP contribution in [-0.2, 0) is 12.8 Å². The zero-order valence-electron chi connectivity index (χ0n) is 9.03. The molecule has 0 aromatic carbocycles. The molecule has 0 atom stereocenters. The van der Waals surface area contributed by atoms with Gasteiger partial charge in [-0.15, -0.1) is 0 Å². The number of rotatable bonds is 3. The molecule has 0 aliphatic carbocycles. The predicted octanol–water partition coefficient (Wildman–Crippen LogP) is 3.50.